The molecule has 1 aliphatic heterocycles. The van der Waals surface area contributed by atoms with Crippen LogP contribution in [-0.4, -0.2) is 41.5 Å². The molecule has 1 heterocycles. The summed E-state index contributed by atoms with van der Waals surface area (Å²) in [7, 11) is 0. The predicted octanol–water partition coefficient (Wildman–Crippen LogP) is 2.53. The molecule has 2 N–H and O–H groups in total. The second kappa shape index (κ2) is 7.92. The Labute approximate surface area is 158 Å². The van der Waals surface area contributed by atoms with Gasteiger partial charge in [-0.25, -0.2) is 0 Å². The van der Waals surface area contributed by atoms with Gasteiger partial charge in [0.15, 0.2) is 0 Å². The summed E-state index contributed by atoms with van der Waals surface area (Å²) in [5, 5.41) is 22.0. The quantitative estimate of drug-likeness (QED) is 0.873. The molecular formula is C21H21N3O3. The molecular weight excluding hydrogens is 342 g/mol. The highest BCUT2D eigenvalue weighted by Gasteiger charge is 2.31. The Balaban J connectivity index is 1.81. The number of phenolic OH excluding ortho intramolecular Hbond substituents is 1. The number of amides is 2. The summed E-state index contributed by atoms with van der Waals surface area (Å²) in [6.45, 7) is 3.40. The normalized spacial score (nSPS) is 16.0. The zero-order valence-corrected chi connectivity index (χ0v) is 15.1. The molecule has 1 aliphatic rings. The minimum atomic E-state index is -0.173. The van der Waals surface area contributed by atoms with Crippen LogP contribution in [0.3, 0.4) is 0 Å². The average Bonchev–Trinajstić information content (AvgIpc) is 3.18. The molecule has 1 saturated heterocycles. The van der Waals surface area contributed by atoms with Crippen LogP contribution in [0.1, 0.15) is 29.3 Å². The number of likely N-dealkylation sites (tertiary alicyclic amines) is 1. The van der Waals surface area contributed by atoms with Crippen molar-refractivity contribution in [2.75, 3.05) is 19.6 Å². The van der Waals surface area contributed by atoms with E-state index in [-0.39, 0.29) is 23.5 Å². The zero-order valence-electron chi connectivity index (χ0n) is 15.1. The van der Waals surface area contributed by atoms with Crippen molar-refractivity contribution >= 4 is 11.8 Å². The summed E-state index contributed by atoms with van der Waals surface area (Å²) in [6, 6.07) is 13.6. The number of nitrogens with one attached hydrogen (secondary N) is 1. The Morgan fingerprint density at radius 1 is 1.30 bits per heavy atom. The van der Waals surface area contributed by atoms with E-state index in [1.165, 1.54) is 6.07 Å². The van der Waals surface area contributed by atoms with E-state index < -0.39 is 0 Å². The summed E-state index contributed by atoms with van der Waals surface area (Å²) >= 11 is 0. The lowest BCUT2D eigenvalue weighted by Gasteiger charge is -2.17. The van der Waals surface area contributed by atoms with Gasteiger partial charge in [0.25, 0.3) is 5.91 Å². The van der Waals surface area contributed by atoms with Gasteiger partial charge in [-0.2, -0.15) is 5.26 Å². The van der Waals surface area contributed by atoms with Crippen molar-refractivity contribution in [2.24, 2.45) is 5.92 Å². The molecule has 0 saturated carbocycles. The molecule has 0 radical (unpaired) electrons. The molecule has 0 bridgehead atoms. The number of carbonyl (C=O) groups is 2. The van der Waals surface area contributed by atoms with Crippen LogP contribution in [0.5, 0.6) is 5.75 Å². The highest BCUT2D eigenvalue weighted by Crippen LogP contribution is 2.31. The fourth-order valence-corrected chi connectivity index (χ4v) is 3.32. The van der Waals surface area contributed by atoms with Crippen LogP contribution in [-0.2, 0) is 4.79 Å². The van der Waals surface area contributed by atoms with Crippen molar-refractivity contribution in [2.45, 2.75) is 13.3 Å². The summed E-state index contributed by atoms with van der Waals surface area (Å²) in [5.41, 5.74) is 2.09. The molecule has 27 heavy (non-hydrogen) atoms. The number of phenols is 1. The van der Waals surface area contributed by atoms with Crippen molar-refractivity contribution < 1.29 is 14.7 Å². The Morgan fingerprint density at radius 3 is 2.85 bits per heavy atom. The van der Waals surface area contributed by atoms with Gasteiger partial charge in [-0.3, -0.25) is 9.59 Å². The van der Waals surface area contributed by atoms with Crippen molar-refractivity contribution in [3.05, 3.63) is 53.6 Å². The van der Waals surface area contributed by atoms with Gasteiger partial charge in [-0.15, -0.1) is 0 Å². The van der Waals surface area contributed by atoms with Gasteiger partial charge in [0.2, 0.25) is 5.91 Å². The van der Waals surface area contributed by atoms with Gasteiger partial charge in [-0.1, -0.05) is 12.1 Å². The van der Waals surface area contributed by atoms with E-state index in [1.54, 1.807) is 41.3 Å². The molecule has 0 spiro atoms. The molecule has 1 unspecified atom stereocenters. The maximum atomic E-state index is 12.8. The van der Waals surface area contributed by atoms with Crippen molar-refractivity contribution in [3.63, 3.8) is 0 Å². The standard InChI is InChI=1S/C21H21N3O3/c1-2-23-20(26)17-8-9-24(13-17)21(27)16-5-3-4-15(11-16)18-10-14(12-22)6-7-19(18)25/h3-7,10-11,17,25H,2,8-9,13H2,1H3,(H,23,26). The molecule has 2 aromatic carbocycles. The lowest BCUT2D eigenvalue weighted by atomic mass is 10.00. The molecule has 138 valence electrons. The number of benzene rings is 2. The van der Waals surface area contributed by atoms with Gasteiger partial charge >= 0.3 is 0 Å². The highest BCUT2D eigenvalue weighted by atomic mass is 16.3. The Kier molecular flexibility index (Phi) is 5.41. The number of aromatic hydroxyl groups is 1. The van der Waals surface area contributed by atoms with Crippen molar-refractivity contribution in [3.8, 4) is 22.9 Å². The van der Waals surface area contributed by atoms with E-state index in [0.717, 1.165) is 0 Å². The lowest BCUT2D eigenvalue weighted by molar-refractivity contribution is -0.124. The first-order chi connectivity index (χ1) is 13.0. The summed E-state index contributed by atoms with van der Waals surface area (Å²) in [6.07, 6.45) is 0.655. The Morgan fingerprint density at radius 2 is 2.11 bits per heavy atom. The van der Waals surface area contributed by atoms with Gasteiger partial charge in [0, 0.05) is 30.8 Å². The number of carbonyl (C=O) groups excluding carboxylic acids is 2. The van der Waals surface area contributed by atoms with Crippen LogP contribution < -0.4 is 5.32 Å². The second-order valence-electron chi connectivity index (χ2n) is 6.56. The average molecular weight is 363 g/mol. The SMILES string of the molecule is CCNC(=O)C1CCN(C(=O)c2cccc(-c3cc(C#N)ccc3O)c2)C1. The van der Waals surface area contributed by atoms with Crippen LogP contribution in [0.25, 0.3) is 11.1 Å². The Bertz CT molecular complexity index is 917. The predicted molar refractivity (Wildman–Crippen MR) is 101 cm³/mol. The third-order valence-corrected chi connectivity index (χ3v) is 4.74. The molecule has 2 amide bonds. The molecule has 2 aromatic rings. The minimum absolute atomic E-state index is 0.0141. The molecule has 6 heteroatoms. The van der Waals surface area contributed by atoms with E-state index in [1.807, 2.05) is 13.0 Å². The molecule has 0 aromatic heterocycles. The largest absolute Gasteiger partial charge is 0.507 e. The second-order valence-corrected chi connectivity index (χ2v) is 6.56. The van der Waals surface area contributed by atoms with E-state index in [2.05, 4.69) is 5.32 Å². The van der Waals surface area contributed by atoms with Crippen LogP contribution >= 0.6 is 0 Å². The molecule has 1 atom stereocenters. The third kappa shape index (κ3) is 3.93. The topological polar surface area (TPSA) is 93.4 Å². The fourth-order valence-electron chi connectivity index (χ4n) is 3.32. The smallest absolute Gasteiger partial charge is 0.253 e. The van der Waals surface area contributed by atoms with E-state index >= 15 is 0 Å². The number of hydrogen-bond acceptors (Lipinski definition) is 4. The first-order valence-corrected chi connectivity index (χ1v) is 8.94. The van der Waals surface area contributed by atoms with Crippen molar-refractivity contribution in [1.82, 2.24) is 10.2 Å². The van der Waals surface area contributed by atoms with Gasteiger partial charge in [0.05, 0.1) is 17.6 Å². The van der Waals surface area contributed by atoms with Crippen LogP contribution in [0, 0.1) is 17.2 Å². The van der Waals surface area contributed by atoms with E-state index in [9.17, 15) is 14.7 Å². The summed E-state index contributed by atoms with van der Waals surface area (Å²) in [5.74, 6) is -0.274. The molecule has 6 nitrogen and oxygen atoms in total. The minimum Gasteiger partial charge on any atom is -0.507 e. The fraction of sp³-hybridized carbons (Fsp3) is 0.286. The number of hydrogen-bond donors (Lipinski definition) is 2. The maximum Gasteiger partial charge on any atom is 0.253 e. The van der Waals surface area contributed by atoms with Gasteiger partial charge in [-0.05, 0) is 49.2 Å². The first-order valence-electron chi connectivity index (χ1n) is 8.94. The highest BCUT2D eigenvalue weighted by molar-refractivity contribution is 5.96. The lowest BCUT2D eigenvalue weighted by Crippen LogP contribution is -2.34. The van der Waals surface area contributed by atoms with Gasteiger partial charge < -0.3 is 15.3 Å². The van der Waals surface area contributed by atoms with Crippen LogP contribution in [0.15, 0.2) is 42.5 Å². The van der Waals surface area contributed by atoms with Crippen LogP contribution in [0.4, 0.5) is 0 Å². The molecule has 1 fully saturated rings. The van der Waals surface area contributed by atoms with E-state index in [0.29, 0.717) is 48.3 Å². The molecule has 3 rings (SSSR count). The monoisotopic (exact) mass is 363 g/mol. The first kappa shape index (κ1) is 18.5. The zero-order chi connectivity index (χ0) is 19.4. The summed E-state index contributed by atoms with van der Waals surface area (Å²) < 4.78 is 0. The molecule has 0 aliphatic carbocycles. The summed E-state index contributed by atoms with van der Waals surface area (Å²) in [4.78, 5) is 26.5. The van der Waals surface area contributed by atoms with E-state index in [4.69, 9.17) is 5.26 Å². The van der Waals surface area contributed by atoms with Crippen molar-refractivity contribution in [1.29, 1.82) is 5.26 Å². The van der Waals surface area contributed by atoms with Crippen LogP contribution in [0.2, 0.25) is 0 Å². The van der Waals surface area contributed by atoms with Gasteiger partial charge in [0.1, 0.15) is 5.75 Å². The third-order valence-electron chi connectivity index (χ3n) is 4.74. The number of nitriles is 1. The number of rotatable bonds is 4. The maximum absolute atomic E-state index is 12.8. The number of nitrogens with zero attached hydrogens (tertiary/aromatic N) is 2. The Hall–Kier alpha value is -3.33.